The van der Waals surface area contributed by atoms with E-state index in [4.69, 9.17) is 0 Å². The molecule has 4 aromatic heterocycles. The number of rotatable bonds is 3. The first-order chi connectivity index (χ1) is 13.3. The molecule has 0 aromatic carbocycles. The average molecular weight is 414 g/mol. The lowest BCUT2D eigenvalue weighted by molar-refractivity contribution is 0.0742. The molecule has 9 heteroatoms. The van der Waals surface area contributed by atoms with E-state index in [0.717, 1.165) is 39.1 Å². The Morgan fingerprint density at radius 1 is 1.07 bits per heavy atom. The minimum absolute atomic E-state index is 0.0124. The van der Waals surface area contributed by atoms with Gasteiger partial charge in [-0.05, 0) is 23.6 Å². The molecule has 0 unspecified atom stereocenters. The second-order valence-electron chi connectivity index (χ2n) is 6.15. The van der Waals surface area contributed by atoms with Gasteiger partial charge in [-0.1, -0.05) is 11.3 Å². The second-order valence-corrected chi connectivity index (χ2v) is 8.75. The number of nitrogens with zero attached hydrogens (tertiary/aromatic N) is 5. The molecule has 136 valence electrons. The molecule has 0 spiro atoms. The van der Waals surface area contributed by atoms with E-state index in [1.807, 2.05) is 33.9 Å². The maximum absolute atomic E-state index is 12.8. The van der Waals surface area contributed by atoms with Crippen LogP contribution in [0, 0.1) is 0 Å². The van der Waals surface area contributed by atoms with Crippen LogP contribution in [0.5, 0.6) is 0 Å². The van der Waals surface area contributed by atoms with Crippen LogP contribution in [-0.2, 0) is 0 Å². The molecule has 0 saturated carbocycles. The second kappa shape index (κ2) is 6.99. The largest absolute Gasteiger partial charge is 0.344 e. The lowest BCUT2D eigenvalue weighted by atomic mass is 10.3. The van der Waals surface area contributed by atoms with Gasteiger partial charge in [0.2, 0.25) is 0 Å². The fourth-order valence-corrected chi connectivity index (χ4v) is 5.51. The monoisotopic (exact) mass is 413 g/mol. The van der Waals surface area contributed by atoms with Crippen LogP contribution in [-0.4, -0.2) is 51.9 Å². The summed E-state index contributed by atoms with van der Waals surface area (Å²) in [6.45, 7) is 2.89. The topological polar surface area (TPSA) is 62.2 Å². The molecule has 1 aliphatic heterocycles. The van der Waals surface area contributed by atoms with E-state index in [9.17, 15) is 4.79 Å². The summed E-state index contributed by atoms with van der Waals surface area (Å²) in [4.78, 5) is 31.4. The summed E-state index contributed by atoms with van der Waals surface area (Å²) >= 11 is 4.76. The number of pyridine rings is 1. The van der Waals surface area contributed by atoms with E-state index >= 15 is 0 Å². The minimum atomic E-state index is 0.0124. The zero-order valence-corrected chi connectivity index (χ0v) is 16.7. The fraction of sp³-hybridized carbons (Fsp3) is 0.222. The van der Waals surface area contributed by atoms with Crippen molar-refractivity contribution in [3.05, 3.63) is 46.2 Å². The molecule has 0 aliphatic carbocycles. The van der Waals surface area contributed by atoms with Gasteiger partial charge in [0.05, 0.1) is 0 Å². The molecular weight excluding hydrogens is 398 g/mol. The van der Waals surface area contributed by atoms with Crippen molar-refractivity contribution >= 4 is 55.4 Å². The van der Waals surface area contributed by atoms with Gasteiger partial charge in [-0.15, -0.1) is 11.3 Å². The number of carbonyl (C=O) groups excluding carboxylic acids is 1. The Balaban J connectivity index is 1.26. The summed E-state index contributed by atoms with van der Waals surface area (Å²) in [7, 11) is 0. The van der Waals surface area contributed by atoms with Crippen LogP contribution in [0.25, 0.3) is 20.9 Å². The number of carbonyl (C=O) groups is 1. The van der Waals surface area contributed by atoms with Gasteiger partial charge >= 0.3 is 0 Å². The zero-order valence-electron chi connectivity index (χ0n) is 14.2. The van der Waals surface area contributed by atoms with Crippen molar-refractivity contribution in [3.63, 3.8) is 0 Å². The van der Waals surface area contributed by atoms with Crippen molar-refractivity contribution in [2.45, 2.75) is 0 Å². The van der Waals surface area contributed by atoms with Crippen molar-refractivity contribution < 1.29 is 4.79 Å². The summed E-state index contributed by atoms with van der Waals surface area (Å²) < 4.78 is 0. The number of hydrogen-bond donors (Lipinski definition) is 0. The number of amides is 1. The summed E-state index contributed by atoms with van der Waals surface area (Å²) in [6, 6.07) is 5.92. The Hall–Kier alpha value is -2.36. The van der Waals surface area contributed by atoms with Crippen molar-refractivity contribution in [3.8, 4) is 10.6 Å². The van der Waals surface area contributed by atoms with Crippen molar-refractivity contribution in [1.29, 1.82) is 0 Å². The van der Waals surface area contributed by atoms with Gasteiger partial charge in [-0.2, -0.15) is 11.3 Å². The summed E-state index contributed by atoms with van der Waals surface area (Å²) in [5.41, 5.74) is 2.55. The van der Waals surface area contributed by atoms with Crippen LogP contribution >= 0.6 is 34.0 Å². The smallest absolute Gasteiger partial charge is 0.273 e. The van der Waals surface area contributed by atoms with E-state index in [2.05, 4.69) is 25.2 Å². The number of hydrogen-bond acceptors (Lipinski definition) is 8. The molecule has 0 bridgehead atoms. The maximum atomic E-state index is 12.8. The first-order valence-electron chi connectivity index (χ1n) is 8.52. The van der Waals surface area contributed by atoms with Gasteiger partial charge in [-0.3, -0.25) is 4.79 Å². The lowest BCUT2D eigenvalue weighted by Crippen LogP contribution is -2.48. The average Bonchev–Trinajstić information content (AvgIpc) is 3.47. The van der Waals surface area contributed by atoms with Gasteiger partial charge in [0.1, 0.15) is 21.0 Å². The number of thiazole rings is 2. The Labute approximate surface area is 167 Å². The Kier molecular flexibility index (Phi) is 4.35. The first-order valence-corrected chi connectivity index (χ1v) is 11.2. The van der Waals surface area contributed by atoms with E-state index in [-0.39, 0.29) is 5.91 Å². The molecule has 1 aliphatic rings. The van der Waals surface area contributed by atoms with Crippen molar-refractivity contribution in [1.82, 2.24) is 19.9 Å². The van der Waals surface area contributed by atoms with E-state index in [0.29, 0.717) is 18.8 Å². The van der Waals surface area contributed by atoms with Gasteiger partial charge in [0.15, 0.2) is 5.13 Å². The van der Waals surface area contributed by atoms with Crippen LogP contribution < -0.4 is 4.90 Å². The van der Waals surface area contributed by atoms with Gasteiger partial charge in [-0.25, -0.2) is 15.0 Å². The third kappa shape index (κ3) is 3.22. The molecule has 1 saturated heterocycles. The van der Waals surface area contributed by atoms with Crippen LogP contribution in [0.4, 0.5) is 5.13 Å². The van der Waals surface area contributed by atoms with E-state index < -0.39 is 0 Å². The van der Waals surface area contributed by atoms with Crippen LogP contribution in [0.15, 0.2) is 40.5 Å². The summed E-state index contributed by atoms with van der Waals surface area (Å²) in [5, 5.41) is 7.82. The van der Waals surface area contributed by atoms with Crippen molar-refractivity contribution in [2.75, 3.05) is 31.1 Å². The SMILES string of the molecule is O=C(c1csc(-c2ccsc2)n1)N1CCN(c2nc3cccnc3s2)CC1. The highest BCUT2D eigenvalue weighted by molar-refractivity contribution is 7.21. The number of aromatic nitrogens is 3. The molecule has 1 amide bonds. The number of thiophene rings is 1. The molecule has 5 rings (SSSR count). The highest BCUT2D eigenvalue weighted by Crippen LogP contribution is 2.29. The molecule has 6 nitrogen and oxygen atoms in total. The quantitative estimate of drug-likeness (QED) is 0.511. The number of anilines is 1. The zero-order chi connectivity index (χ0) is 18.2. The Morgan fingerprint density at radius 2 is 1.96 bits per heavy atom. The first kappa shape index (κ1) is 16.8. The molecule has 27 heavy (non-hydrogen) atoms. The van der Waals surface area contributed by atoms with E-state index in [1.54, 1.807) is 28.9 Å². The number of piperazine rings is 1. The highest BCUT2D eigenvalue weighted by atomic mass is 32.1. The molecule has 0 atom stereocenters. The highest BCUT2D eigenvalue weighted by Gasteiger charge is 2.25. The fourth-order valence-electron chi connectivity index (χ4n) is 3.05. The molecule has 0 radical (unpaired) electrons. The van der Waals surface area contributed by atoms with Crippen LogP contribution in [0.2, 0.25) is 0 Å². The molecule has 5 heterocycles. The third-order valence-corrected chi connectivity index (χ3v) is 7.10. The summed E-state index contributed by atoms with van der Waals surface area (Å²) in [6.07, 6.45) is 1.79. The predicted octanol–water partition coefficient (Wildman–Crippen LogP) is 3.84. The Morgan fingerprint density at radius 3 is 2.74 bits per heavy atom. The predicted molar refractivity (Wildman–Crippen MR) is 111 cm³/mol. The Bertz CT molecular complexity index is 1050. The molecule has 0 N–H and O–H groups in total. The summed E-state index contributed by atoms with van der Waals surface area (Å²) in [5.74, 6) is 0.0124. The molecule has 4 aromatic rings. The van der Waals surface area contributed by atoms with Gasteiger partial charge in [0.25, 0.3) is 5.91 Å². The van der Waals surface area contributed by atoms with E-state index in [1.165, 1.54) is 11.3 Å². The van der Waals surface area contributed by atoms with Gasteiger partial charge in [0, 0.05) is 48.7 Å². The van der Waals surface area contributed by atoms with Crippen LogP contribution in [0.3, 0.4) is 0 Å². The van der Waals surface area contributed by atoms with Gasteiger partial charge < -0.3 is 9.80 Å². The normalized spacial score (nSPS) is 14.8. The lowest BCUT2D eigenvalue weighted by Gasteiger charge is -2.34. The molecule has 1 fully saturated rings. The van der Waals surface area contributed by atoms with Crippen LogP contribution in [0.1, 0.15) is 10.5 Å². The number of fused-ring (bicyclic) bond motifs is 1. The third-order valence-electron chi connectivity index (χ3n) is 4.48. The maximum Gasteiger partial charge on any atom is 0.273 e. The standard InChI is InChI=1S/C18H15N5OS3/c24-17(14-11-26-15(20-14)12-3-9-25-10-12)22-5-7-23(8-6-22)18-21-13-2-1-4-19-16(13)27-18/h1-4,9-11H,5-8H2. The minimum Gasteiger partial charge on any atom is -0.344 e. The van der Waals surface area contributed by atoms with Crippen molar-refractivity contribution in [2.24, 2.45) is 0 Å². The molecular formula is C18H15N5OS3.